The highest BCUT2D eigenvalue weighted by atomic mass is 32.1. The molecule has 1 aliphatic heterocycles. The third-order valence-electron chi connectivity index (χ3n) is 5.86. The lowest BCUT2D eigenvalue weighted by Gasteiger charge is -2.39. The maximum Gasteiger partial charge on any atom is 0.225 e. The van der Waals surface area contributed by atoms with Gasteiger partial charge in [-0.1, -0.05) is 36.8 Å². The van der Waals surface area contributed by atoms with Crippen molar-refractivity contribution in [2.45, 2.75) is 44.7 Å². The number of thiazole rings is 1. The number of hydrogen-bond acceptors (Lipinski definition) is 4. The van der Waals surface area contributed by atoms with E-state index in [9.17, 15) is 4.79 Å². The number of amides is 1. The molecule has 2 heterocycles. The molecule has 2 aromatic rings. The van der Waals surface area contributed by atoms with Crippen LogP contribution in [0.4, 0.5) is 0 Å². The molecule has 4 nitrogen and oxygen atoms in total. The topological polar surface area (TPSA) is 36.4 Å². The average Bonchev–Trinajstić information content (AvgIpc) is 3.09. The number of piperidine rings is 1. The average molecular weight is 370 g/mol. The summed E-state index contributed by atoms with van der Waals surface area (Å²) in [4.78, 5) is 21.8. The van der Waals surface area contributed by atoms with Crippen molar-refractivity contribution in [3.8, 4) is 10.6 Å². The number of carbonyl (C=O) groups is 1. The molecule has 0 bridgehead atoms. The Morgan fingerprint density at radius 2 is 1.92 bits per heavy atom. The molecule has 1 aromatic carbocycles. The molecule has 4 rings (SSSR count). The van der Waals surface area contributed by atoms with Gasteiger partial charge in [0.25, 0.3) is 0 Å². The highest BCUT2D eigenvalue weighted by Crippen LogP contribution is 2.30. The molecule has 1 amide bonds. The van der Waals surface area contributed by atoms with Gasteiger partial charge >= 0.3 is 0 Å². The predicted molar refractivity (Wildman–Crippen MR) is 106 cm³/mol. The summed E-state index contributed by atoms with van der Waals surface area (Å²) in [7, 11) is 2.01. The Kier molecular flexibility index (Phi) is 5.36. The van der Waals surface area contributed by atoms with Gasteiger partial charge in [-0.05, 0) is 25.7 Å². The third kappa shape index (κ3) is 3.84. The van der Waals surface area contributed by atoms with Crippen LogP contribution in [0.25, 0.3) is 10.6 Å². The molecule has 2 aliphatic rings. The Bertz CT molecular complexity index is 733. The molecule has 2 fully saturated rings. The molecule has 5 heteroatoms. The third-order valence-corrected chi connectivity index (χ3v) is 6.81. The van der Waals surface area contributed by atoms with Gasteiger partial charge in [-0.15, -0.1) is 11.3 Å². The van der Waals surface area contributed by atoms with E-state index >= 15 is 0 Å². The smallest absolute Gasteiger partial charge is 0.225 e. The molecule has 26 heavy (non-hydrogen) atoms. The van der Waals surface area contributed by atoms with E-state index in [1.807, 2.05) is 18.0 Å². The van der Waals surface area contributed by atoms with Crippen LogP contribution in [0.3, 0.4) is 0 Å². The number of carbonyl (C=O) groups excluding carboxylic acids is 1. The second kappa shape index (κ2) is 7.89. The van der Waals surface area contributed by atoms with Gasteiger partial charge in [-0.25, -0.2) is 4.98 Å². The minimum atomic E-state index is 0.310. The fourth-order valence-electron chi connectivity index (χ4n) is 3.91. The van der Waals surface area contributed by atoms with Crippen LogP contribution in [0, 0.1) is 5.92 Å². The Labute approximate surface area is 159 Å². The van der Waals surface area contributed by atoms with Crippen molar-refractivity contribution in [3.63, 3.8) is 0 Å². The van der Waals surface area contributed by atoms with Gasteiger partial charge in [0.05, 0.1) is 5.69 Å². The lowest BCUT2D eigenvalue weighted by molar-refractivity contribution is -0.139. The first kappa shape index (κ1) is 17.7. The van der Waals surface area contributed by atoms with Crippen LogP contribution < -0.4 is 0 Å². The standard InChI is InChI=1S/C21H27N3OS/c1-23(21(25)17-8-5-9-17)19-10-12-24(13-11-19)14-18-15-26-20(22-18)16-6-3-2-4-7-16/h2-4,6-7,15,17,19H,5,8-14H2,1H3. The summed E-state index contributed by atoms with van der Waals surface area (Å²) in [5.41, 5.74) is 2.35. The highest BCUT2D eigenvalue weighted by Gasteiger charge is 2.32. The van der Waals surface area contributed by atoms with Crippen molar-refractivity contribution in [1.82, 2.24) is 14.8 Å². The van der Waals surface area contributed by atoms with Crippen molar-refractivity contribution in [2.75, 3.05) is 20.1 Å². The number of nitrogens with zero attached hydrogens (tertiary/aromatic N) is 3. The summed E-state index contributed by atoms with van der Waals surface area (Å²) in [5, 5.41) is 3.28. The van der Waals surface area contributed by atoms with Crippen LogP contribution in [-0.4, -0.2) is 46.9 Å². The quantitative estimate of drug-likeness (QED) is 0.798. The molecule has 1 aromatic heterocycles. The number of benzene rings is 1. The number of hydrogen-bond donors (Lipinski definition) is 0. The fraction of sp³-hybridized carbons (Fsp3) is 0.524. The zero-order valence-electron chi connectivity index (χ0n) is 15.4. The first-order valence-corrected chi connectivity index (χ1v) is 10.6. The Morgan fingerprint density at radius 1 is 1.19 bits per heavy atom. The van der Waals surface area contributed by atoms with Gasteiger partial charge in [-0.2, -0.15) is 0 Å². The minimum Gasteiger partial charge on any atom is -0.342 e. The Balaban J connectivity index is 1.29. The first-order chi connectivity index (χ1) is 12.7. The van der Waals surface area contributed by atoms with E-state index in [1.165, 1.54) is 12.0 Å². The summed E-state index contributed by atoms with van der Waals surface area (Å²) in [6.45, 7) is 3.01. The van der Waals surface area contributed by atoms with Gasteiger partial charge in [0.15, 0.2) is 0 Å². The normalized spacial score (nSPS) is 19.3. The van der Waals surface area contributed by atoms with Crippen molar-refractivity contribution < 1.29 is 4.79 Å². The van der Waals surface area contributed by atoms with Crippen LogP contribution in [0.5, 0.6) is 0 Å². The van der Waals surface area contributed by atoms with Gasteiger partial charge < -0.3 is 4.90 Å². The molecule has 1 saturated heterocycles. The summed E-state index contributed by atoms with van der Waals surface area (Å²) in [5.74, 6) is 0.686. The zero-order valence-corrected chi connectivity index (χ0v) is 16.3. The SMILES string of the molecule is CN(C(=O)C1CCC1)C1CCN(Cc2csc(-c3ccccc3)n2)CC1. The van der Waals surface area contributed by atoms with E-state index in [1.54, 1.807) is 11.3 Å². The molecule has 0 spiro atoms. The summed E-state index contributed by atoms with van der Waals surface area (Å²) in [6.07, 6.45) is 5.56. The highest BCUT2D eigenvalue weighted by molar-refractivity contribution is 7.13. The monoisotopic (exact) mass is 369 g/mol. The van der Waals surface area contributed by atoms with E-state index in [4.69, 9.17) is 4.98 Å². The summed E-state index contributed by atoms with van der Waals surface area (Å²) < 4.78 is 0. The predicted octanol–water partition coefficient (Wildman–Crippen LogP) is 4.03. The van der Waals surface area contributed by atoms with Crippen LogP contribution in [0.1, 0.15) is 37.8 Å². The lowest BCUT2D eigenvalue weighted by Crippen LogP contribution is -2.48. The molecular weight excluding hydrogens is 342 g/mol. The van der Waals surface area contributed by atoms with Crippen LogP contribution in [0.15, 0.2) is 35.7 Å². The van der Waals surface area contributed by atoms with Crippen molar-refractivity contribution >= 4 is 17.2 Å². The van der Waals surface area contributed by atoms with Crippen LogP contribution >= 0.6 is 11.3 Å². The van der Waals surface area contributed by atoms with Crippen molar-refractivity contribution in [1.29, 1.82) is 0 Å². The van der Waals surface area contributed by atoms with Gasteiger partial charge in [0, 0.05) is 49.6 Å². The molecule has 0 N–H and O–H groups in total. The Morgan fingerprint density at radius 3 is 2.58 bits per heavy atom. The second-order valence-corrected chi connectivity index (χ2v) is 8.45. The van der Waals surface area contributed by atoms with Crippen LogP contribution in [0.2, 0.25) is 0 Å². The van der Waals surface area contributed by atoms with Crippen molar-refractivity contribution in [3.05, 3.63) is 41.4 Å². The zero-order chi connectivity index (χ0) is 17.9. The molecule has 0 atom stereocenters. The minimum absolute atomic E-state index is 0.310. The first-order valence-electron chi connectivity index (χ1n) is 9.69. The van der Waals surface area contributed by atoms with Crippen molar-refractivity contribution in [2.24, 2.45) is 5.92 Å². The molecule has 0 radical (unpaired) electrons. The van der Waals surface area contributed by atoms with E-state index in [0.717, 1.165) is 56.0 Å². The fourth-order valence-corrected chi connectivity index (χ4v) is 4.73. The van der Waals surface area contributed by atoms with E-state index < -0.39 is 0 Å². The lowest BCUT2D eigenvalue weighted by atomic mass is 9.84. The largest absolute Gasteiger partial charge is 0.342 e. The maximum absolute atomic E-state index is 12.4. The molecule has 138 valence electrons. The van der Waals surface area contributed by atoms with E-state index in [-0.39, 0.29) is 0 Å². The molecule has 1 aliphatic carbocycles. The van der Waals surface area contributed by atoms with Gasteiger partial charge in [-0.3, -0.25) is 9.69 Å². The summed E-state index contributed by atoms with van der Waals surface area (Å²) in [6, 6.07) is 10.8. The molecule has 0 unspecified atom stereocenters. The molecule has 1 saturated carbocycles. The Hall–Kier alpha value is -1.72. The molecular formula is C21H27N3OS. The summed E-state index contributed by atoms with van der Waals surface area (Å²) >= 11 is 1.72. The van der Waals surface area contributed by atoms with Crippen LogP contribution in [-0.2, 0) is 11.3 Å². The number of rotatable bonds is 5. The van der Waals surface area contributed by atoms with E-state index in [2.05, 4.69) is 34.5 Å². The number of aromatic nitrogens is 1. The second-order valence-electron chi connectivity index (χ2n) is 7.59. The van der Waals surface area contributed by atoms with Gasteiger partial charge in [0.1, 0.15) is 5.01 Å². The van der Waals surface area contributed by atoms with E-state index in [0.29, 0.717) is 17.9 Å². The maximum atomic E-state index is 12.4. The van der Waals surface area contributed by atoms with Gasteiger partial charge in [0.2, 0.25) is 5.91 Å². The number of likely N-dealkylation sites (tertiary alicyclic amines) is 1.